The molecule has 0 aromatic carbocycles. The third kappa shape index (κ3) is 2.56. The van der Waals surface area contributed by atoms with Gasteiger partial charge in [0.25, 0.3) is 0 Å². The van der Waals surface area contributed by atoms with Crippen molar-refractivity contribution in [2.24, 2.45) is 0 Å². The Morgan fingerprint density at radius 2 is 1.43 bits per heavy atom. The second-order valence-electron chi connectivity index (χ2n) is 1.51. The molecule has 0 fully saturated rings. The normalized spacial score (nSPS) is 12.0. The van der Waals surface area contributed by atoms with Gasteiger partial charge in [0.1, 0.15) is 13.1 Å². The molecule has 0 radical (unpaired) electrons. The molecule has 0 aromatic rings. The summed E-state index contributed by atoms with van der Waals surface area (Å²) in [6.45, 7) is 4.11. The van der Waals surface area contributed by atoms with Gasteiger partial charge in [-0.15, -0.1) is 0 Å². The van der Waals surface area contributed by atoms with Crippen LogP contribution in [0.2, 0.25) is 0 Å². The van der Waals surface area contributed by atoms with Crippen LogP contribution >= 0.6 is 0 Å². The van der Waals surface area contributed by atoms with Crippen LogP contribution in [0.4, 0.5) is 0 Å². The summed E-state index contributed by atoms with van der Waals surface area (Å²) in [5.41, 5.74) is 0. The Labute approximate surface area is 43.3 Å². The molecule has 3 heteroatoms. The first kappa shape index (κ1) is 6.88. The van der Waals surface area contributed by atoms with Crippen LogP contribution in [0.5, 0.6) is 0 Å². The third-order valence-electron chi connectivity index (χ3n) is 1.01. The van der Waals surface area contributed by atoms with Crippen LogP contribution < -0.4 is 0 Å². The second-order valence-corrected chi connectivity index (χ2v) is 1.51. The first-order valence-corrected chi connectivity index (χ1v) is 2.45. The van der Waals surface area contributed by atoms with Crippen molar-refractivity contribution >= 4 is 0 Å². The van der Waals surface area contributed by atoms with E-state index in [1.54, 1.807) is 13.8 Å². The molecule has 0 aromatic heterocycles. The van der Waals surface area contributed by atoms with E-state index in [4.69, 9.17) is 10.4 Å². The van der Waals surface area contributed by atoms with Crippen LogP contribution in [-0.4, -0.2) is 28.3 Å². The molecular weight excluding hydrogens is 94.0 g/mol. The summed E-state index contributed by atoms with van der Waals surface area (Å²) in [4.78, 5) is -0.861. The van der Waals surface area contributed by atoms with Gasteiger partial charge in [0.15, 0.2) is 0 Å². The average molecular weight is 106 g/mol. The Morgan fingerprint density at radius 1 is 1.14 bits per heavy atom. The van der Waals surface area contributed by atoms with Crippen molar-refractivity contribution in [3.8, 4) is 0 Å². The lowest BCUT2D eigenvalue weighted by atomic mass is 10.6. The zero-order valence-electron chi connectivity index (χ0n) is 4.76. The number of quaternary nitrogens is 1. The maximum atomic E-state index is 8.62. The van der Waals surface area contributed by atoms with Gasteiger partial charge in [-0.2, -0.15) is 10.4 Å². The van der Waals surface area contributed by atoms with Crippen molar-refractivity contribution in [1.82, 2.24) is 0 Å². The van der Waals surface area contributed by atoms with E-state index in [0.717, 1.165) is 0 Å². The zero-order valence-corrected chi connectivity index (χ0v) is 4.76. The van der Waals surface area contributed by atoms with E-state index < -0.39 is 4.81 Å². The fraction of sp³-hybridized carbons (Fsp3) is 1.00. The molecule has 0 heterocycles. The fourth-order valence-corrected chi connectivity index (χ4v) is 0.224. The summed E-state index contributed by atoms with van der Waals surface area (Å²) >= 11 is 0. The van der Waals surface area contributed by atoms with Crippen LogP contribution in [-0.2, 0) is 0 Å². The number of rotatable bonds is 2. The molecule has 0 spiro atoms. The van der Waals surface area contributed by atoms with Crippen molar-refractivity contribution < 1.29 is 15.2 Å². The molecule has 0 unspecified atom stereocenters. The van der Waals surface area contributed by atoms with E-state index in [1.807, 2.05) is 0 Å². The second kappa shape index (κ2) is 2.26. The molecule has 0 rings (SSSR count). The van der Waals surface area contributed by atoms with E-state index in [2.05, 4.69) is 0 Å². The fourth-order valence-electron chi connectivity index (χ4n) is 0.224. The molecular formula is C4H12NO2+. The van der Waals surface area contributed by atoms with Gasteiger partial charge in [0.2, 0.25) is 0 Å². The van der Waals surface area contributed by atoms with Gasteiger partial charge in [0.05, 0.1) is 0 Å². The van der Waals surface area contributed by atoms with E-state index in [0.29, 0.717) is 13.1 Å². The Bertz CT molecular complexity index is 47.7. The van der Waals surface area contributed by atoms with Crippen LogP contribution in [0.3, 0.4) is 0 Å². The predicted molar refractivity (Wildman–Crippen MR) is 24.9 cm³/mol. The molecule has 0 atom stereocenters. The van der Waals surface area contributed by atoms with E-state index >= 15 is 0 Å². The summed E-state index contributed by atoms with van der Waals surface area (Å²) in [5, 5.41) is 17.2. The summed E-state index contributed by atoms with van der Waals surface area (Å²) in [7, 11) is 0. The van der Waals surface area contributed by atoms with Crippen LogP contribution in [0.1, 0.15) is 13.8 Å². The van der Waals surface area contributed by atoms with Crippen molar-refractivity contribution in [1.29, 1.82) is 0 Å². The maximum absolute atomic E-state index is 8.62. The minimum absolute atomic E-state index is 0.344. The number of hydrogen-bond acceptors (Lipinski definition) is 2. The summed E-state index contributed by atoms with van der Waals surface area (Å²) < 4.78 is 0. The van der Waals surface area contributed by atoms with Crippen molar-refractivity contribution in [3.63, 3.8) is 0 Å². The third-order valence-corrected chi connectivity index (χ3v) is 1.01. The highest BCUT2D eigenvalue weighted by Crippen LogP contribution is 1.89. The quantitative estimate of drug-likeness (QED) is 0.400. The van der Waals surface area contributed by atoms with Crippen molar-refractivity contribution in [2.75, 3.05) is 13.1 Å². The average Bonchev–Trinajstić information content (AvgIpc) is 1.68. The van der Waals surface area contributed by atoms with E-state index in [1.165, 1.54) is 0 Å². The Morgan fingerprint density at radius 3 is 1.43 bits per heavy atom. The highest BCUT2D eigenvalue weighted by Gasteiger charge is 2.13. The largest absolute Gasteiger partial charge is 0.182 e. The molecule has 44 valence electrons. The molecule has 0 saturated carbocycles. The Kier molecular flexibility index (Phi) is 2.22. The minimum atomic E-state index is -0.861. The molecule has 2 N–H and O–H groups in total. The Balaban J connectivity index is 3.36. The van der Waals surface area contributed by atoms with Gasteiger partial charge in [-0.3, -0.25) is 0 Å². The smallest absolute Gasteiger partial charge is 0.139 e. The van der Waals surface area contributed by atoms with Gasteiger partial charge in [-0.05, 0) is 18.7 Å². The van der Waals surface area contributed by atoms with Gasteiger partial charge >= 0.3 is 0 Å². The monoisotopic (exact) mass is 106 g/mol. The molecule has 0 saturated heterocycles. The SMILES string of the molecule is CC[N+](O)(O)CC. The number of hydroxylamine groups is 4. The standard InChI is InChI=1S/C4H12NO2/c1-3-5(6,7)4-2/h6-7H,3-4H2,1-2H3/q+1. The highest BCUT2D eigenvalue weighted by molar-refractivity contribution is 4.04. The lowest BCUT2D eigenvalue weighted by Crippen LogP contribution is -2.40. The zero-order chi connectivity index (χ0) is 5.91. The Hall–Kier alpha value is -0.120. The molecule has 0 aliphatic rings. The van der Waals surface area contributed by atoms with E-state index in [9.17, 15) is 0 Å². The minimum Gasteiger partial charge on any atom is -0.182 e. The summed E-state index contributed by atoms with van der Waals surface area (Å²) in [5.74, 6) is 0. The first-order valence-electron chi connectivity index (χ1n) is 2.45. The van der Waals surface area contributed by atoms with Gasteiger partial charge in [-0.1, -0.05) is 0 Å². The first-order chi connectivity index (χ1) is 3.12. The van der Waals surface area contributed by atoms with Crippen LogP contribution in [0.15, 0.2) is 0 Å². The molecule has 0 amide bonds. The van der Waals surface area contributed by atoms with Gasteiger partial charge in [-0.25, -0.2) is 0 Å². The lowest BCUT2D eigenvalue weighted by molar-refractivity contribution is -1.24. The molecule has 0 aliphatic carbocycles. The van der Waals surface area contributed by atoms with Gasteiger partial charge in [0, 0.05) is 0 Å². The molecule has 0 bridgehead atoms. The number of nitrogens with zero attached hydrogens (tertiary/aromatic N) is 1. The molecule has 0 aliphatic heterocycles. The maximum Gasteiger partial charge on any atom is 0.139 e. The highest BCUT2D eigenvalue weighted by atomic mass is 16.8. The van der Waals surface area contributed by atoms with Crippen LogP contribution in [0, 0.1) is 0 Å². The molecule has 3 nitrogen and oxygen atoms in total. The number of hydrogen-bond donors (Lipinski definition) is 2. The predicted octanol–water partition coefficient (Wildman–Crippen LogP) is 0.621. The summed E-state index contributed by atoms with van der Waals surface area (Å²) in [6.07, 6.45) is 0. The topological polar surface area (TPSA) is 40.5 Å². The van der Waals surface area contributed by atoms with Crippen LogP contribution in [0.25, 0.3) is 0 Å². The lowest BCUT2D eigenvalue weighted by Gasteiger charge is -2.15. The molecule has 7 heavy (non-hydrogen) atoms. The van der Waals surface area contributed by atoms with Crippen molar-refractivity contribution in [3.05, 3.63) is 0 Å². The van der Waals surface area contributed by atoms with Gasteiger partial charge < -0.3 is 0 Å². The van der Waals surface area contributed by atoms with E-state index in [-0.39, 0.29) is 0 Å². The summed E-state index contributed by atoms with van der Waals surface area (Å²) in [6, 6.07) is 0. The van der Waals surface area contributed by atoms with Crippen molar-refractivity contribution in [2.45, 2.75) is 13.8 Å².